The van der Waals surface area contributed by atoms with Crippen molar-refractivity contribution in [3.8, 4) is 0 Å². The maximum Gasteiger partial charge on any atom is 0.237 e. The van der Waals surface area contributed by atoms with Crippen LogP contribution in [0.5, 0.6) is 0 Å². The number of hydrogen-bond acceptors (Lipinski definition) is 2. The fourth-order valence-electron chi connectivity index (χ4n) is 3.00. The van der Waals surface area contributed by atoms with Crippen molar-refractivity contribution in [1.29, 1.82) is 0 Å². The van der Waals surface area contributed by atoms with E-state index in [0.29, 0.717) is 0 Å². The maximum absolute atomic E-state index is 12.3. The number of carbonyl (C=O) groups excluding carboxylic acids is 1. The zero-order chi connectivity index (χ0) is 14.6. The van der Waals surface area contributed by atoms with Crippen LogP contribution in [0.2, 0.25) is 5.02 Å². The van der Waals surface area contributed by atoms with Gasteiger partial charge in [0.2, 0.25) is 5.91 Å². The van der Waals surface area contributed by atoms with Gasteiger partial charge in [0.25, 0.3) is 0 Å². The Labute approximate surface area is 125 Å². The second kappa shape index (κ2) is 6.59. The lowest BCUT2D eigenvalue weighted by Gasteiger charge is -2.32. The highest BCUT2D eigenvalue weighted by molar-refractivity contribution is 6.30. The zero-order valence-corrected chi connectivity index (χ0v) is 12.7. The molecule has 1 aromatic carbocycles. The summed E-state index contributed by atoms with van der Waals surface area (Å²) in [6, 6.07) is 7.38. The normalized spacial score (nSPS) is 18.8. The standard InChI is InChI=1S/C16H23ClN2O/c1-2-5-14(18)15(20)19-16(10-3-4-11-16)12-6-8-13(17)9-7-12/h6-9,14H,2-5,10-11,18H2,1H3,(H,19,20). The van der Waals surface area contributed by atoms with Gasteiger partial charge in [-0.1, -0.05) is 49.9 Å². The predicted octanol–water partition coefficient (Wildman–Crippen LogP) is 3.35. The van der Waals surface area contributed by atoms with Crippen molar-refractivity contribution in [3.63, 3.8) is 0 Å². The van der Waals surface area contributed by atoms with Crippen molar-refractivity contribution in [1.82, 2.24) is 5.32 Å². The summed E-state index contributed by atoms with van der Waals surface area (Å²) in [4.78, 5) is 12.3. The second-order valence-electron chi connectivity index (χ2n) is 5.68. The highest BCUT2D eigenvalue weighted by atomic mass is 35.5. The van der Waals surface area contributed by atoms with Crippen LogP contribution in [0.25, 0.3) is 0 Å². The minimum Gasteiger partial charge on any atom is -0.345 e. The number of nitrogens with two attached hydrogens (primary N) is 1. The Morgan fingerprint density at radius 3 is 2.50 bits per heavy atom. The third kappa shape index (κ3) is 3.33. The zero-order valence-electron chi connectivity index (χ0n) is 12.0. The van der Waals surface area contributed by atoms with Gasteiger partial charge < -0.3 is 11.1 Å². The molecule has 4 heteroatoms. The Balaban J connectivity index is 2.18. The molecule has 0 aliphatic heterocycles. The van der Waals surface area contributed by atoms with Crippen molar-refractivity contribution in [2.45, 2.75) is 57.0 Å². The summed E-state index contributed by atoms with van der Waals surface area (Å²) in [5, 5.41) is 3.92. The second-order valence-corrected chi connectivity index (χ2v) is 6.12. The van der Waals surface area contributed by atoms with Crippen LogP contribution in [-0.4, -0.2) is 11.9 Å². The molecule has 1 aliphatic rings. The third-order valence-electron chi connectivity index (χ3n) is 4.15. The molecule has 1 unspecified atom stereocenters. The van der Waals surface area contributed by atoms with Crippen LogP contribution < -0.4 is 11.1 Å². The molecule has 0 heterocycles. The number of rotatable bonds is 5. The molecule has 0 bridgehead atoms. The van der Waals surface area contributed by atoms with Crippen molar-refractivity contribution >= 4 is 17.5 Å². The topological polar surface area (TPSA) is 55.1 Å². The van der Waals surface area contributed by atoms with Gasteiger partial charge in [-0.3, -0.25) is 4.79 Å². The van der Waals surface area contributed by atoms with E-state index in [1.807, 2.05) is 31.2 Å². The minimum atomic E-state index is -0.412. The Kier molecular flexibility index (Phi) is 5.06. The van der Waals surface area contributed by atoms with E-state index >= 15 is 0 Å². The molecule has 0 radical (unpaired) electrons. The SMILES string of the molecule is CCCC(N)C(=O)NC1(c2ccc(Cl)cc2)CCCC1. The van der Waals surface area contributed by atoms with E-state index in [-0.39, 0.29) is 11.4 Å². The molecule has 1 saturated carbocycles. The van der Waals surface area contributed by atoms with Crippen LogP contribution >= 0.6 is 11.6 Å². The predicted molar refractivity (Wildman–Crippen MR) is 82.6 cm³/mol. The van der Waals surface area contributed by atoms with E-state index in [0.717, 1.165) is 49.1 Å². The first-order valence-corrected chi connectivity index (χ1v) is 7.79. The molecule has 1 aliphatic carbocycles. The number of benzene rings is 1. The number of nitrogens with one attached hydrogen (secondary N) is 1. The van der Waals surface area contributed by atoms with Crippen LogP contribution in [-0.2, 0) is 10.3 Å². The van der Waals surface area contributed by atoms with Crippen molar-refractivity contribution in [2.24, 2.45) is 5.73 Å². The van der Waals surface area contributed by atoms with Crippen LogP contribution in [0, 0.1) is 0 Å². The molecule has 0 spiro atoms. The summed E-state index contributed by atoms with van der Waals surface area (Å²) in [6.45, 7) is 2.04. The van der Waals surface area contributed by atoms with Crippen molar-refractivity contribution in [2.75, 3.05) is 0 Å². The molecular weight excluding hydrogens is 272 g/mol. The fourth-order valence-corrected chi connectivity index (χ4v) is 3.13. The molecule has 0 saturated heterocycles. The molecule has 3 N–H and O–H groups in total. The molecular formula is C16H23ClN2O. The number of hydrogen-bond donors (Lipinski definition) is 2. The van der Waals surface area contributed by atoms with Gasteiger partial charge in [-0.15, -0.1) is 0 Å². The van der Waals surface area contributed by atoms with E-state index in [4.69, 9.17) is 17.3 Å². The smallest absolute Gasteiger partial charge is 0.237 e. The Morgan fingerprint density at radius 2 is 1.95 bits per heavy atom. The lowest BCUT2D eigenvalue weighted by molar-refractivity contribution is -0.124. The first kappa shape index (κ1) is 15.3. The molecule has 1 amide bonds. The molecule has 20 heavy (non-hydrogen) atoms. The quantitative estimate of drug-likeness (QED) is 0.875. The summed E-state index contributed by atoms with van der Waals surface area (Å²) in [5.74, 6) is -0.0382. The molecule has 3 nitrogen and oxygen atoms in total. The van der Waals surface area contributed by atoms with Gasteiger partial charge in [0.15, 0.2) is 0 Å². The maximum atomic E-state index is 12.3. The highest BCUT2D eigenvalue weighted by Gasteiger charge is 2.37. The van der Waals surface area contributed by atoms with Gasteiger partial charge in [0, 0.05) is 5.02 Å². The molecule has 0 aromatic heterocycles. The number of amides is 1. The Morgan fingerprint density at radius 1 is 1.35 bits per heavy atom. The average Bonchev–Trinajstić information content (AvgIpc) is 2.89. The lowest BCUT2D eigenvalue weighted by atomic mass is 9.87. The average molecular weight is 295 g/mol. The molecule has 1 atom stereocenters. The summed E-state index contributed by atoms with van der Waals surface area (Å²) < 4.78 is 0. The highest BCUT2D eigenvalue weighted by Crippen LogP contribution is 2.39. The summed E-state index contributed by atoms with van der Waals surface area (Å²) in [7, 11) is 0. The third-order valence-corrected chi connectivity index (χ3v) is 4.40. The van der Waals surface area contributed by atoms with Crippen molar-refractivity contribution in [3.05, 3.63) is 34.9 Å². The van der Waals surface area contributed by atoms with Crippen LogP contribution in [0.15, 0.2) is 24.3 Å². The van der Waals surface area contributed by atoms with E-state index in [1.165, 1.54) is 0 Å². The molecule has 110 valence electrons. The summed E-state index contributed by atoms with van der Waals surface area (Å²) >= 11 is 5.95. The van der Waals surface area contributed by atoms with Gasteiger partial charge in [-0.05, 0) is 37.0 Å². The Hall–Kier alpha value is -1.06. The van der Waals surface area contributed by atoms with Crippen LogP contribution in [0.3, 0.4) is 0 Å². The van der Waals surface area contributed by atoms with E-state index in [2.05, 4.69) is 5.32 Å². The molecule has 1 aromatic rings. The van der Waals surface area contributed by atoms with E-state index in [1.54, 1.807) is 0 Å². The molecule has 1 fully saturated rings. The van der Waals surface area contributed by atoms with Crippen molar-refractivity contribution < 1.29 is 4.79 Å². The van der Waals surface area contributed by atoms with E-state index in [9.17, 15) is 4.79 Å². The first-order valence-electron chi connectivity index (χ1n) is 7.41. The summed E-state index contributed by atoms with van der Waals surface area (Å²) in [6.07, 6.45) is 5.85. The fraction of sp³-hybridized carbons (Fsp3) is 0.562. The molecule has 2 rings (SSSR count). The van der Waals surface area contributed by atoms with Gasteiger partial charge >= 0.3 is 0 Å². The number of carbonyl (C=O) groups is 1. The first-order chi connectivity index (χ1) is 9.57. The van der Waals surface area contributed by atoms with Gasteiger partial charge in [-0.2, -0.15) is 0 Å². The monoisotopic (exact) mass is 294 g/mol. The Bertz CT molecular complexity index is 452. The van der Waals surface area contributed by atoms with Gasteiger partial charge in [0.05, 0.1) is 11.6 Å². The summed E-state index contributed by atoms with van der Waals surface area (Å²) in [5.41, 5.74) is 6.81. The van der Waals surface area contributed by atoms with Gasteiger partial charge in [0.1, 0.15) is 0 Å². The van der Waals surface area contributed by atoms with E-state index < -0.39 is 6.04 Å². The lowest BCUT2D eigenvalue weighted by Crippen LogP contribution is -2.50. The number of halogens is 1. The van der Waals surface area contributed by atoms with Crippen LogP contribution in [0.4, 0.5) is 0 Å². The van der Waals surface area contributed by atoms with Gasteiger partial charge in [-0.25, -0.2) is 0 Å². The minimum absolute atomic E-state index is 0.0382. The van der Waals surface area contributed by atoms with Crippen LogP contribution in [0.1, 0.15) is 51.0 Å². The largest absolute Gasteiger partial charge is 0.345 e.